The van der Waals surface area contributed by atoms with E-state index in [9.17, 15) is 4.79 Å². The molecule has 1 aromatic heterocycles. The number of piperidine rings is 1. The van der Waals surface area contributed by atoms with Gasteiger partial charge in [0.25, 0.3) is 0 Å². The number of likely N-dealkylation sites (tertiary alicyclic amines) is 1. The lowest BCUT2D eigenvalue weighted by atomic mass is 10.1. The van der Waals surface area contributed by atoms with E-state index in [4.69, 9.17) is 4.74 Å². The lowest BCUT2D eigenvalue weighted by Gasteiger charge is -2.28. The predicted octanol–water partition coefficient (Wildman–Crippen LogP) is 2.97. The van der Waals surface area contributed by atoms with Crippen molar-refractivity contribution in [2.45, 2.75) is 36.6 Å². The molecule has 1 aliphatic heterocycles. The summed E-state index contributed by atoms with van der Waals surface area (Å²) in [5.74, 6) is 1.67. The highest BCUT2D eigenvalue weighted by Crippen LogP contribution is 2.25. The molecule has 2 heterocycles. The summed E-state index contributed by atoms with van der Waals surface area (Å²) in [4.78, 5) is 18.9. The molecular formula is C17H22N4O2S. The number of nitrogens with one attached hydrogen (secondary N) is 1. The number of aromatic amines is 1. The maximum Gasteiger partial charge on any atom is 0.235 e. The van der Waals surface area contributed by atoms with Gasteiger partial charge in [0, 0.05) is 18.7 Å². The number of rotatable bonds is 5. The van der Waals surface area contributed by atoms with Crippen molar-refractivity contribution in [3.63, 3.8) is 0 Å². The molecule has 6 nitrogen and oxygen atoms in total. The number of methoxy groups -OCH3 is 1. The lowest BCUT2D eigenvalue weighted by Crippen LogP contribution is -2.40. The molecule has 0 aliphatic carbocycles. The van der Waals surface area contributed by atoms with E-state index in [-0.39, 0.29) is 11.2 Å². The Hall–Kier alpha value is -2.02. The summed E-state index contributed by atoms with van der Waals surface area (Å²) in [7, 11) is 1.64. The largest absolute Gasteiger partial charge is 0.497 e. The molecule has 1 fully saturated rings. The Labute approximate surface area is 146 Å². The standard InChI is InChI=1S/C17H22N4O2S/c1-12(16(22)21-10-4-3-5-11-21)24-17-18-15(19-20-17)13-6-8-14(23-2)9-7-13/h6-9,12H,3-5,10-11H2,1-2H3,(H,18,19,20)/t12-/m1/s1. The second kappa shape index (κ2) is 7.70. The van der Waals surface area contributed by atoms with E-state index < -0.39 is 0 Å². The average Bonchev–Trinajstić information content (AvgIpc) is 3.10. The van der Waals surface area contributed by atoms with Crippen LogP contribution in [0.2, 0.25) is 0 Å². The molecule has 128 valence electrons. The van der Waals surface area contributed by atoms with Crippen LogP contribution < -0.4 is 4.74 Å². The maximum atomic E-state index is 12.5. The van der Waals surface area contributed by atoms with Crippen LogP contribution in [0.1, 0.15) is 26.2 Å². The summed E-state index contributed by atoms with van der Waals surface area (Å²) in [6.45, 7) is 3.66. The van der Waals surface area contributed by atoms with Gasteiger partial charge >= 0.3 is 0 Å². The van der Waals surface area contributed by atoms with E-state index >= 15 is 0 Å². The third-order valence-electron chi connectivity index (χ3n) is 4.13. The van der Waals surface area contributed by atoms with Crippen molar-refractivity contribution in [3.8, 4) is 17.1 Å². The summed E-state index contributed by atoms with van der Waals surface area (Å²) in [6, 6.07) is 7.62. The number of amides is 1. The van der Waals surface area contributed by atoms with Crippen molar-refractivity contribution >= 4 is 17.7 Å². The zero-order valence-corrected chi connectivity index (χ0v) is 14.8. The summed E-state index contributed by atoms with van der Waals surface area (Å²) < 4.78 is 5.15. The number of thioether (sulfide) groups is 1. The van der Waals surface area contributed by atoms with Gasteiger partial charge in [-0.15, -0.1) is 5.10 Å². The van der Waals surface area contributed by atoms with Gasteiger partial charge in [0.05, 0.1) is 12.4 Å². The van der Waals surface area contributed by atoms with Crippen molar-refractivity contribution in [1.82, 2.24) is 20.1 Å². The lowest BCUT2D eigenvalue weighted by molar-refractivity contribution is -0.131. The number of H-pyrrole nitrogens is 1. The van der Waals surface area contributed by atoms with Crippen molar-refractivity contribution in [2.24, 2.45) is 0 Å². The van der Waals surface area contributed by atoms with E-state index in [1.807, 2.05) is 36.1 Å². The van der Waals surface area contributed by atoms with Gasteiger partial charge in [-0.05, 0) is 50.5 Å². The molecule has 3 rings (SSSR count). The van der Waals surface area contributed by atoms with Crippen LogP contribution in [0.15, 0.2) is 29.4 Å². The minimum Gasteiger partial charge on any atom is -0.497 e. The van der Waals surface area contributed by atoms with Crippen molar-refractivity contribution in [2.75, 3.05) is 20.2 Å². The molecule has 24 heavy (non-hydrogen) atoms. The molecule has 2 aromatic rings. The fraction of sp³-hybridized carbons (Fsp3) is 0.471. The summed E-state index contributed by atoms with van der Waals surface area (Å²) >= 11 is 1.40. The molecule has 1 saturated heterocycles. The monoisotopic (exact) mass is 346 g/mol. The minimum absolute atomic E-state index is 0.176. The first-order valence-electron chi connectivity index (χ1n) is 8.19. The third-order valence-corrected chi connectivity index (χ3v) is 5.07. The maximum absolute atomic E-state index is 12.5. The normalized spacial score (nSPS) is 16.0. The van der Waals surface area contributed by atoms with Crippen molar-refractivity contribution in [1.29, 1.82) is 0 Å². The Morgan fingerprint density at radius 2 is 1.96 bits per heavy atom. The Morgan fingerprint density at radius 1 is 1.25 bits per heavy atom. The van der Waals surface area contributed by atoms with E-state index in [0.29, 0.717) is 11.0 Å². The fourth-order valence-electron chi connectivity index (χ4n) is 2.76. The van der Waals surface area contributed by atoms with Gasteiger partial charge in [-0.2, -0.15) is 0 Å². The molecule has 1 atom stereocenters. The Kier molecular flexibility index (Phi) is 5.40. The van der Waals surface area contributed by atoms with Gasteiger partial charge in [0.15, 0.2) is 5.82 Å². The van der Waals surface area contributed by atoms with Gasteiger partial charge in [0.2, 0.25) is 11.1 Å². The second-order valence-corrected chi connectivity index (χ2v) is 7.15. The van der Waals surface area contributed by atoms with Crippen molar-refractivity contribution < 1.29 is 9.53 Å². The van der Waals surface area contributed by atoms with Gasteiger partial charge < -0.3 is 9.64 Å². The van der Waals surface area contributed by atoms with E-state index in [2.05, 4.69) is 15.2 Å². The molecule has 0 spiro atoms. The number of carbonyl (C=O) groups excluding carboxylic acids is 1. The number of ether oxygens (including phenoxy) is 1. The second-order valence-electron chi connectivity index (χ2n) is 5.84. The van der Waals surface area contributed by atoms with Crippen LogP contribution in [0.3, 0.4) is 0 Å². The molecule has 7 heteroatoms. The summed E-state index contributed by atoms with van der Waals surface area (Å²) in [5, 5.41) is 7.58. The topological polar surface area (TPSA) is 71.1 Å². The number of carbonyl (C=O) groups is 1. The smallest absolute Gasteiger partial charge is 0.235 e. The van der Waals surface area contributed by atoms with Gasteiger partial charge in [-0.25, -0.2) is 4.98 Å². The van der Waals surface area contributed by atoms with Crippen LogP contribution in [-0.2, 0) is 4.79 Å². The number of aromatic nitrogens is 3. The molecule has 1 N–H and O–H groups in total. The Balaban J connectivity index is 1.63. The van der Waals surface area contributed by atoms with Crippen LogP contribution in [0.25, 0.3) is 11.4 Å². The first-order chi connectivity index (χ1) is 11.7. The third kappa shape index (κ3) is 3.90. The van der Waals surface area contributed by atoms with Crippen LogP contribution in [0.5, 0.6) is 5.75 Å². The Morgan fingerprint density at radius 3 is 2.62 bits per heavy atom. The first kappa shape index (κ1) is 16.8. The predicted molar refractivity (Wildman–Crippen MR) is 94.1 cm³/mol. The Bertz CT molecular complexity index is 680. The van der Waals surface area contributed by atoms with Crippen LogP contribution in [0.4, 0.5) is 0 Å². The van der Waals surface area contributed by atoms with Crippen molar-refractivity contribution in [3.05, 3.63) is 24.3 Å². The summed E-state index contributed by atoms with van der Waals surface area (Å²) in [5.41, 5.74) is 0.935. The van der Waals surface area contributed by atoms with Crippen LogP contribution >= 0.6 is 11.8 Å². The number of hydrogen-bond acceptors (Lipinski definition) is 5. The quantitative estimate of drug-likeness (QED) is 0.843. The number of hydrogen-bond donors (Lipinski definition) is 1. The highest BCUT2D eigenvalue weighted by Gasteiger charge is 2.24. The molecule has 0 unspecified atom stereocenters. The van der Waals surface area contributed by atoms with E-state index in [0.717, 1.165) is 37.2 Å². The zero-order valence-electron chi connectivity index (χ0n) is 14.0. The highest BCUT2D eigenvalue weighted by atomic mass is 32.2. The average molecular weight is 346 g/mol. The molecule has 1 aromatic carbocycles. The zero-order chi connectivity index (χ0) is 16.9. The highest BCUT2D eigenvalue weighted by molar-refractivity contribution is 8.00. The first-order valence-corrected chi connectivity index (χ1v) is 9.07. The number of benzene rings is 1. The molecule has 0 radical (unpaired) electrons. The molecule has 0 bridgehead atoms. The minimum atomic E-state index is -0.178. The van der Waals surface area contributed by atoms with E-state index in [1.54, 1.807) is 7.11 Å². The number of nitrogens with zero attached hydrogens (tertiary/aromatic N) is 3. The molecule has 0 saturated carbocycles. The van der Waals surface area contributed by atoms with Gasteiger partial charge in [-0.3, -0.25) is 9.89 Å². The van der Waals surface area contributed by atoms with Gasteiger partial charge in [-0.1, -0.05) is 11.8 Å². The van der Waals surface area contributed by atoms with Crippen LogP contribution in [-0.4, -0.2) is 51.4 Å². The molecule has 1 aliphatic rings. The molecular weight excluding hydrogens is 324 g/mol. The molecule has 1 amide bonds. The van der Waals surface area contributed by atoms with E-state index in [1.165, 1.54) is 18.2 Å². The SMILES string of the molecule is COc1ccc(-c2nc(S[C@H](C)C(=O)N3CCCCC3)n[nH]2)cc1. The van der Waals surface area contributed by atoms with Crippen LogP contribution in [0, 0.1) is 0 Å². The van der Waals surface area contributed by atoms with Gasteiger partial charge in [0.1, 0.15) is 5.75 Å². The fourth-order valence-corrected chi connectivity index (χ4v) is 3.57. The summed E-state index contributed by atoms with van der Waals surface area (Å²) in [6.07, 6.45) is 3.42.